The third kappa shape index (κ3) is 7.66. The molecule has 0 bridgehead atoms. The van der Waals surface area contributed by atoms with E-state index in [1.807, 2.05) is 19.1 Å². The second-order valence-corrected chi connectivity index (χ2v) is 10.6. The number of hydrogen-bond acceptors (Lipinski definition) is 5. The maximum atomic E-state index is 12.8. The van der Waals surface area contributed by atoms with Crippen LogP contribution >= 0.6 is 15.9 Å². The van der Waals surface area contributed by atoms with E-state index in [4.69, 9.17) is 4.74 Å². The Bertz CT molecular complexity index is 1310. The Labute approximate surface area is 214 Å². The summed E-state index contributed by atoms with van der Waals surface area (Å²) < 4.78 is 34.2. The first-order valence-corrected chi connectivity index (χ1v) is 13.4. The molecule has 3 aromatic carbocycles. The molecule has 0 saturated heterocycles. The van der Waals surface area contributed by atoms with Gasteiger partial charge in [0.15, 0.2) is 6.61 Å². The first-order valence-electron chi connectivity index (χ1n) is 11.1. The number of esters is 1. The van der Waals surface area contributed by atoms with Gasteiger partial charge in [-0.05, 0) is 79.4 Å². The Hall–Kier alpha value is -3.17. The van der Waals surface area contributed by atoms with E-state index in [2.05, 4.69) is 32.9 Å². The quantitative estimate of drug-likeness (QED) is 0.311. The molecule has 1 amide bonds. The number of carbonyl (C=O) groups is 2. The summed E-state index contributed by atoms with van der Waals surface area (Å²) in [6, 6.07) is 18.0. The summed E-state index contributed by atoms with van der Waals surface area (Å²) in [6.07, 6.45) is 3.09. The molecule has 2 N–H and O–H groups in total. The number of ether oxygens (including phenoxy) is 1. The van der Waals surface area contributed by atoms with Crippen LogP contribution in [0.15, 0.2) is 76.1 Å². The van der Waals surface area contributed by atoms with Crippen LogP contribution in [0.25, 0.3) is 0 Å². The number of anilines is 2. The average Bonchev–Trinajstić information content (AvgIpc) is 2.84. The number of sulfonamides is 1. The molecule has 0 aliphatic heterocycles. The predicted octanol–water partition coefficient (Wildman–Crippen LogP) is 5.70. The molecule has 0 spiro atoms. The Balaban J connectivity index is 1.61. The fourth-order valence-corrected chi connectivity index (χ4v) is 4.61. The molecular weight excluding hydrogens is 532 g/mol. The van der Waals surface area contributed by atoms with E-state index in [1.165, 1.54) is 24.3 Å². The number of unbranched alkanes of at least 4 members (excludes halogenated alkanes) is 1. The van der Waals surface area contributed by atoms with Crippen LogP contribution in [0.5, 0.6) is 0 Å². The first-order chi connectivity index (χ1) is 16.7. The van der Waals surface area contributed by atoms with Crippen molar-refractivity contribution < 1.29 is 22.7 Å². The minimum atomic E-state index is -3.92. The van der Waals surface area contributed by atoms with Crippen molar-refractivity contribution in [2.24, 2.45) is 0 Å². The topological polar surface area (TPSA) is 102 Å². The molecule has 184 valence electrons. The fraction of sp³-hybridized carbons (Fsp3) is 0.231. The number of hydrogen-bond donors (Lipinski definition) is 2. The van der Waals surface area contributed by atoms with Crippen molar-refractivity contribution in [3.63, 3.8) is 0 Å². The number of benzene rings is 3. The monoisotopic (exact) mass is 558 g/mol. The van der Waals surface area contributed by atoms with Gasteiger partial charge in [0.2, 0.25) is 0 Å². The first kappa shape index (κ1) is 26.4. The Morgan fingerprint density at radius 2 is 1.69 bits per heavy atom. The number of carbonyl (C=O) groups excluding carboxylic acids is 2. The van der Waals surface area contributed by atoms with Crippen LogP contribution < -0.4 is 10.0 Å². The van der Waals surface area contributed by atoms with Gasteiger partial charge in [-0.15, -0.1) is 0 Å². The van der Waals surface area contributed by atoms with Crippen molar-refractivity contribution in [1.29, 1.82) is 0 Å². The standard InChI is InChI=1S/C26H27BrN2O5S/c1-3-4-6-19-9-11-21(12-10-19)29-35(32,33)23-8-5-7-20(16-23)26(31)34-17-25(30)28-22-13-14-24(27)18(2)15-22/h5,7-16,29H,3-4,6,17H2,1-2H3,(H,28,30). The van der Waals surface area contributed by atoms with Gasteiger partial charge < -0.3 is 10.1 Å². The molecule has 3 rings (SSSR count). The van der Waals surface area contributed by atoms with Crippen LogP contribution in [0.2, 0.25) is 0 Å². The van der Waals surface area contributed by atoms with E-state index in [1.54, 1.807) is 30.3 Å². The van der Waals surface area contributed by atoms with Gasteiger partial charge in [0.1, 0.15) is 0 Å². The van der Waals surface area contributed by atoms with E-state index in [0.29, 0.717) is 11.4 Å². The smallest absolute Gasteiger partial charge is 0.338 e. The summed E-state index contributed by atoms with van der Waals surface area (Å²) in [5, 5.41) is 2.65. The number of aryl methyl sites for hydroxylation is 2. The van der Waals surface area contributed by atoms with E-state index < -0.39 is 28.5 Å². The van der Waals surface area contributed by atoms with Gasteiger partial charge in [0, 0.05) is 15.8 Å². The van der Waals surface area contributed by atoms with Crippen LogP contribution in [-0.2, 0) is 26.0 Å². The summed E-state index contributed by atoms with van der Waals surface area (Å²) in [7, 11) is -3.92. The summed E-state index contributed by atoms with van der Waals surface area (Å²) in [4.78, 5) is 24.5. The molecule has 0 atom stereocenters. The Morgan fingerprint density at radius 1 is 0.971 bits per heavy atom. The van der Waals surface area contributed by atoms with E-state index in [-0.39, 0.29) is 10.5 Å². The number of halogens is 1. The fourth-order valence-electron chi connectivity index (χ4n) is 3.26. The maximum Gasteiger partial charge on any atom is 0.338 e. The third-order valence-corrected chi connectivity index (χ3v) is 7.45. The van der Waals surface area contributed by atoms with Gasteiger partial charge in [-0.2, -0.15) is 0 Å². The summed E-state index contributed by atoms with van der Waals surface area (Å²) >= 11 is 3.39. The van der Waals surface area contributed by atoms with Gasteiger partial charge in [-0.3, -0.25) is 9.52 Å². The van der Waals surface area contributed by atoms with E-state index >= 15 is 0 Å². The zero-order chi connectivity index (χ0) is 25.4. The Morgan fingerprint density at radius 3 is 2.37 bits per heavy atom. The number of rotatable bonds is 10. The second kappa shape index (κ2) is 12.0. The molecule has 0 radical (unpaired) electrons. The highest BCUT2D eigenvalue weighted by molar-refractivity contribution is 9.10. The zero-order valence-electron chi connectivity index (χ0n) is 19.5. The third-order valence-electron chi connectivity index (χ3n) is 5.18. The lowest BCUT2D eigenvalue weighted by Crippen LogP contribution is -2.21. The largest absolute Gasteiger partial charge is 0.452 e. The number of nitrogens with one attached hydrogen (secondary N) is 2. The molecule has 3 aromatic rings. The van der Waals surface area contributed by atoms with E-state index in [0.717, 1.165) is 34.9 Å². The van der Waals surface area contributed by atoms with Crippen LogP contribution in [-0.4, -0.2) is 26.9 Å². The lowest BCUT2D eigenvalue weighted by Gasteiger charge is -2.11. The normalized spacial score (nSPS) is 11.1. The van der Waals surface area contributed by atoms with Crippen molar-refractivity contribution in [1.82, 2.24) is 0 Å². The van der Waals surface area contributed by atoms with Crippen molar-refractivity contribution in [2.45, 2.75) is 38.0 Å². The van der Waals surface area contributed by atoms with Crippen LogP contribution in [0.4, 0.5) is 11.4 Å². The van der Waals surface area contributed by atoms with Crippen LogP contribution in [0, 0.1) is 6.92 Å². The second-order valence-electron chi connectivity index (χ2n) is 8.02. The van der Waals surface area contributed by atoms with Gasteiger partial charge in [0.25, 0.3) is 15.9 Å². The highest BCUT2D eigenvalue weighted by Gasteiger charge is 2.18. The molecule has 0 saturated carbocycles. The lowest BCUT2D eigenvalue weighted by molar-refractivity contribution is -0.119. The zero-order valence-corrected chi connectivity index (χ0v) is 21.9. The highest BCUT2D eigenvalue weighted by Crippen LogP contribution is 2.21. The summed E-state index contributed by atoms with van der Waals surface area (Å²) in [5.74, 6) is -1.31. The van der Waals surface area contributed by atoms with Gasteiger partial charge in [-0.1, -0.05) is 47.5 Å². The van der Waals surface area contributed by atoms with Crippen molar-refractivity contribution in [3.8, 4) is 0 Å². The average molecular weight is 559 g/mol. The Kier molecular flexibility index (Phi) is 9.06. The minimum absolute atomic E-state index is 0.0232. The van der Waals surface area contributed by atoms with Crippen molar-refractivity contribution in [3.05, 3.63) is 87.9 Å². The predicted molar refractivity (Wildman–Crippen MR) is 140 cm³/mol. The summed E-state index contributed by atoms with van der Waals surface area (Å²) in [6.45, 7) is 3.50. The molecule has 7 nitrogen and oxygen atoms in total. The molecule has 0 unspecified atom stereocenters. The SMILES string of the molecule is CCCCc1ccc(NS(=O)(=O)c2cccc(C(=O)OCC(=O)Nc3ccc(Br)c(C)c3)c2)cc1. The summed E-state index contributed by atoms with van der Waals surface area (Å²) in [5.41, 5.74) is 3.11. The minimum Gasteiger partial charge on any atom is -0.452 e. The highest BCUT2D eigenvalue weighted by atomic mass is 79.9. The van der Waals surface area contributed by atoms with Crippen molar-refractivity contribution in [2.75, 3.05) is 16.6 Å². The molecule has 35 heavy (non-hydrogen) atoms. The van der Waals surface area contributed by atoms with Crippen LogP contribution in [0.1, 0.15) is 41.3 Å². The van der Waals surface area contributed by atoms with Gasteiger partial charge in [-0.25, -0.2) is 13.2 Å². The van der Waals surface area contributed by atoms with Gasteiger partial charge >= 0.3 is 5.97 Å². The van der Waals surface area contributed by atoms with Gasteiger partial charge in [0.05, 0.1) is 10.5 Å². The maximum absolute atomic E-state index is 12.8. The van der Waals surface area contributed by atoms with Crippen molar-refractivity contribution >= 4 is 49.2 Å². The lowest BCUT2D eigenvalue weighted by atomic mass is 10.1. The molecule has 0 aliphatic carbocycles. The molecular formula is C26H27BrN2O5S. The molecule has 0 aliphatic rings. The molecule has 0 aromatic heterocycles. The number of amides is 1. The van der Waals surface area contributed by atoms with Crippen LogP contribution in [0.3, 0.4) is 0 Å². The van der Waals surface area contributed by atoms with E-state index in [9.17, 15) is 18.0 Å². The molecule has 0 heterocycles. The molecule has 0 fully saturated rings. The molecule has 9 heteroatoms.